The zero-order chi connectivity index (χ0) is 46.8. The molecule has 9 nitrogen and oxygen atoms in total. The SMILES string of the molecule is CC/C=C\C/C=C\C/C=C\C/C=C\C/C=C\C/C=C\CCCCC(=O)OC(CCCCCCCCCCCCCCCCC)CCCCCCCC(=O)NCC(=O)NC(CO)C(=O)O. The lowest BCUT2D eigenvalue weighted by atomic mass is 10.0. The molecule has 0 rings (SSSR count). The van der Waals surface area contributed by atoms with Gasteiger partial charge >= 0.3 is 11.9 Å². The van der Waals surface area contributed by atoms with Gasteiger partial charge in [-0.25, -0.2) is 4.79 Å². The standard InChI is InChI=1S/C55H94N2O7/c1-3-5-7-9-11-13-15-17-19-20-21-22-23-24-26-28-30-32-34-39-43-47-54(61)64-50(44-40-36-33-31-29-27-25-18-16-14-12-10-8-6-4-2)45-41-37-35-38-42-46-52(59)56-48-53(60)57-51(49-58)55(62)63/h5,7,11,13,17,19,21-22,24,26,30,32,50-51,58H,3-4,6,8-10,12,14-16,18,20,23,25,27-29,31,33-49H2,1-2H3,(H,56,59)(H,57,60)(H,62,63)/b7-5-,13-11-,19-17-,22-21-,26-24-,32-30-. The van der Waals surface area contributed by atoms with Crippen LogP contribution in [-0.4, -0.2) is 59.3 Å². The van der Waals surface area contributed by atoms with E-state index in [2.05, 4.69) is 97.4 Å². The van der Waals surface area contributed by atoms with E-state index in [4.69, 9.17) is 14.9 Å². The molecule has 366 valence electrons. The topological polar surface area (TPSA) is 142 Å². The van der Waals surface area contributed by atoms with Gasteiger partial charge in [-0.15, -0.1) is 0 Å². The Morgan fingerprint density at radius 1 is 0.484 bits per heavy atom. The van der Waals surface area contributed by atoms with E-state index in [0.29, 0.717) is 12.8 Å². The van der Waals surface area contributed by atoms with Crippen molar-refractivity contribution in [1.82, 2.24) is 10.6 Å². The summed E-state index contributed by atoms with van der Waals surface area (Å²) in [4.78, 5) is 47.8. The summed E-state index contributed by atoms with van der Waals surface area (Å²) in [7, 11) is 0. The van der Waals surface area contributed by atoms with Crippen LogP contribution in [-0.2, 0) is 23.9 Å². The predicted molar refractivity (Wildman–Crippen MR) is 268 cm³/mol. The van der Waals surface area contributed by atoms with Crippen molar-refractivity contribution in [3.05, 3.63) is 72.9 Å². The summed E-state index contributed by atoms with van der Waals surface area (Å²) in [6.07, 6.45) is 62.2. The summed E-state index contributed by atoms with van der Waals surface area (Å²) in [5, 5.41) is 22.6. The Balaban J connectivity index is 4.40. The number of ether oxygens (including phenoxy) is 1. The van der Waals surface area contributed by atoms with Crippen molar-refractivity contribution < 1.29 is 34.1 Å². The summed E-state index contributed by atoms with van der Waals surface area (Å²) >= 11 is 0. The molecule has 0 bridgehead atoms. The Morgan fingerprint density at radius 3 is 1.33 bits per heavy atom. The zero-order valence-electron chi connectivity index (χ0n) is 40.8. The molecule has 0 aliphatic rings. The van der Waals surface area contributed by atoms with Crippen LogP contribution in [0.3, 0.4) is 0 Å². The summed E-state index contributed by atoms with van der Waals surface area (Å²) in [5.41, 5.74) is 0. The van der Waals surface area contributed by atoms with Gasteiger partial charge in [0.15, 0.2) is 0 Å². The molecule has 2 unspecified atom stereocenters. The number of aliphatic hydroxyl groups is 1. The highest BCUT2D eigenvalue weighted by atomic mass is 16.5. The van der Waals surface area contributed by atoms with Crippen molar-refractivity contribution in [1.29, 1.82) is 0 Å². The molecule has 64 heavy (non-hydrogen) atoms. The smallest absolute Gasteiger partial charge is 0.328 e. The molecule has 9 heteroatoms. The van der Waals surface area contributed by atoms with Crippen molar-refractivity contribution in [2.24, 2.45) is 0 Å². The maximum absolute atomic E-state index is 12.9. The molecular weight excluding hydrogens is 801 g/mol. The number of carbonyl (C=O) groups excluding carboxylic acids is 3. The van der Waals surface area contributed by atoms with Gasteiger partial charge in [0.2, 0.25) is 11.8 Å². The normalized spacial score (nSPS) is 13.0. The van der Waals surface area contributed by atoms with Crippen molar-refractivity contribution in [3.63, 3.8) is 0 Å². The number of esters is 1. The van der Waals surface area contributed by atoms with Crippen LogP contribution >= 0.6 is 0 Å². The fourth-order valence-electron chi connectivity index (χ4n) is 7.31. The Morgan fingerprint density at radius 2 is 0.891 bits per heavy atom. The molecule has 0 aromatic carbocycles. The molecule has 0 radical (unpaired) electrons. The maximum atomic E-state index is 12.9. The minimum absolute atomic E-state index is 0.0404. The predicted octanol–water partition coefficient (Wildman–Crippen LogP) is 13.8. The van der Waals surface area contributed by atoms with Crippen molar-refractivity contribution in [2.75, 3.05) is 13.2 Å². The van der Waals surface area contributed by atoms with E-state index in [-0.39, 0.29) is 30.9 Å². The minimum atomic E-state index is -1.39. The van der Waals surface area contributed by atoms with Gasteiger partial charge in [-0.1, -0.05) is 196 Å². The van der Waals surface area contributed by atoms with E-state index in [1.807, 2.05) is 0 Å². The number of carboxylic acid groups (broad SMARTS) is 1. The number of carbonyl (C=O) groups is 4. The molecule has 0 saturated heterocycles. The Labute approximate surface area is 391 Å². The quantitative estimate of drug-likeness (QED) is 0.0271. The highest BCUT2D eigenvalue weighted by molar-refractivity contribution is 5.87. The van der Waals surface area contributed by atoms with Gasteiger partial charge in [-0.05, 0) is 89.9 Å². The van der Waals surface area contributed by atoms with Gasteiger partial charge in [0.1, 0.15) is 12.1 Å². The van der Waals surface area contributed by atoms with Crippen LogP contribution in [0.1, 0.15) is 226 Å². The first-order valence-electron chi connectivity index (χ1n) is 25.8. The average molecular weight is 895 g/mol. The largest absolute Gasteiger partial charge is 0.480 e. The molecule has 0 saturated carbocycles. The molecule has 0 aromatic heterocycles. The number of hydrogen-bond donors (Lipinski definition) is 4. The van der Waals surface area contributed by atoms with Gasteiger partial charge < -0.3 is 25.6 Å². The Hall–Kier alpha value is -3.72. The van der Waals surface area contributed by atoms with Crippen LogP contribution in [0.2, 0.25) is 0 Å². The van der Waals surface area contributed by atoms with Gasteiger partial charge in [0, 0.05) is 12.8 Å². The number of carboxylic acids is 1. The van der Waals surface area contributed by atoms with Crippen molar-refractivity contribution >= 4 is 23.8 Å². The number of aliphatic carboxylic acids is 1. The number of aliphatic hydroxyl groups excluding tert-OH is 1. The fourth-order valence-corrected chi connectivity index (χ4v) is 7.31. The van der Waals surface area contributed by atoms with Crippen molar-refractivity contribution in [3.8, 4) is 0 Å². The first-order chi connectivity index (χ1) is 31.3. The minimum Gasteiger partial charge on any atom is -0.480 e. The zero-order valence-corrected chi connectivity index (χ0v) is 40.8. The van der Waals surface area contributed by atoms with E-state index in [1.54, 1.807) is 0 Å². The molecule has 0 spiro atoms. The Kier molecular flexibility index (Phi) is 45.9. The highest BCUT2D eigenvalue weighted by Gasteiger charge is 2.19. The van der Waals surface area contributed by atoms with Crippen LogP contribution in [0, 0.1) is 0 Å². The highest BCUT2D eigenvalue weighted by Crippen LogP contribution is 2.19. The lowest BCUT2D eigenvalue weighted by Gasteiger charge is -2.18. The van der Waals surface area contributed by atoms with E-state index >= 15 is 0 Å². The third kappa shape index (κ3) is 44.9. The summed E-state index contributed by atoms with van der Waals surface area (Å²) < 4.78 is 6.05. The number of unbranched alkanes of at least 4 members (excludes halogenated alkanes) is 20. The molecule has 2 atom stereocenters. The first kappa shape index (κ1) is 60.3. The molecular formula is C55H94N2O7. The number of rotatable bonds is 46. The molecule has 0 aliphatic carbocycles. The number of allylic oxidation sites excluding steroid dienone is 12. The van der Waals surface area contributed by atoms with Crippen LogP contribution in [0.15, 0.2) is 72.9 Å². The molecule has 0 fully saturated rings. The monoisotopic (exact) mass is 895 g/mol. The molecule has 0 aromatic rings. The average Bonchev–Trinajstić information content (AvgIpc) is 3.28. The third-order valence-electron chi connectivity index (χ3n) is 11.2. The van der Waals surface area contributed by atoms with Gasteiger partial charge in [-0.2, -0.15) is 0 Å². The number of amides is 2. The fraction of sp³-hybridized carbons (Fsp3) is 0.709. The van der Waals surface area contributed by atoms with E-state index in [1.165, 1.54) is 89.9 Å². The number of nitrogens with one attached hydrogen (secondary N) is 2. The summed E-state index contributed by atoms with van der Waals surface area (Å²) in [6.45, 7) is 3.38. The molecule has 0 heterocycles. The lowest BCUT2D eigenvalue weighted by Crippen LogP contribution is -2.47. The molecule has 0 aliphatic heterocycles. The van der Waals surface area contributed by atoms with E-state index in [0.717, 1.165) is 103 Å². The first-order valence-corrected chi connectivity index (χ1v) is 25.8. The van der Waals surface area contributed by atoms with Gasteiger partial charge in [-0.3, -0.25) is 14.4 Å². The van der Waals surface area contributed by atoms with Gasteiger partial charge in [0.25, 0.3) is 0 Å². The second-order valence-corrected chi connectivity index (χ2v) is 17.2. The van der Waals surface area contributed by atoms with Crippen molar-refractivity contribution in [2.45, 2.75) is 238 Å². The van der Waals surface area contributed by atoms with Gasteiger partial charge in [0.05, 0.1) is 13.2 Å². The third-order valence-corrected chi connectivity index (χ3v) is 11.2. The summed E-state index contributed by atoms with van der Waals surface area (Å²) in [5.74, 6) is -2.34. The molecule has 4 N–H and O–H groups in total. The number of hydrogen-bond acceptors (Lipinski definition) is 6. The van der Waals surface area contributed by atoms with E-state index in [9.17, 15) is 19.2 Å². The van der Waals surface area contributed by atoms with Crippen LogP contribution in [0.4, 0.5) is 0 Å². The summed E-state index contributed by atoms with van der Waals surface area (Å²) in [6, 6.07) is -1.39. The lowest BCUT2D eigenvalue weighted by molar-refractivity contribution is -0.150. The van der Waals surface area contributed by atoms with E-state index < -0.39 is 24.5 Å². The van der Waals surface area contributed by atoms with Crippen LogP contribution < -0.4 is 10.6 Å². The van der Waals surface area contributed by atoms with Crippen LogP contribution in [0.25, 0.3) is 0 Å². The molecule has 2 amide bonds. The Bertz CT molecular complexity index is 1300. The van der Waals surface area contributed by atoms with Crippen LogP contribution in [0.5, 0.6) is 0 Å². The maximum Gasteiger partial charge on any atom is 0.328 e. The second kappa shape index (κ2) is 48.7. The second-order valence-electron chi connectivity index (χ2n) is 17.2.